The van der Waals surface area contributed by atoms with Crippen molar-refractivity contribution < 1.29 is 4.79 Å². The van der Waals surface area contributed by atoms with Crippen molar-refractivity contribution in [1.29, 1.82) is 0 Å². The number of Topliss-reactive ketones (excluding diaryl/α,β-unsaturated/α-hetero) is 1. The Morgan fingerprint density at radius 2 is 1.43 bits per heavy atom. The summed E-state index contributed by atoms with van der Waals surface area (Å²) >= 11 is 0. The third-order valence-corrected chi connectivity index (χ3v) is 3.88. The zero-order valence-corrected chi connectivity index (χ0v) is 13.4. The molecule has 0 saturated carbocycles. The summed E-state index contributed by atoms with van der Waals surface area (Å²) in [5.41, 5.74) is 1.61. The first kappa shape index (κ1) is 17.5. The van der Waals surface area contributed by atoms with Gasteiger partial charge in [0.15, 0.2) is 5.78 Å². The van der Waals surface area contributed by atoms with Gasteiger partial charge in [-0.2, -0.15) is 0 Å². The molecule has 0 aromatic heterocycles. The second kappa shape index (κ2) is 11.1. The van der Waals surface area contributed by atoms with E-state index in [1.165, 1.54) is 51.4 Å². The lowest BCUT2D eigenvalue weighted by molar-refractivity contribution is 0.0979. The molecular weight excluding hydrogens is 256 g/mol. The number of hydrogen-bond donors (Lipinski definition) is 0. The first-order valence-electron chi connectivity index (χ1n) is 8.37. The highest BCUT2D eigenvalue weighted by Gasteiger charge is 2.04. The van der Waals surface area contributed by atoms with Crippen LogP contribution < -0.4 is 0 Å². The van der Waals surface area contributed by atoms with Crippen LogP contribution in [0, 0.1) is 12.3 Å². The summed E-state index contributed by atoms with van der Waals surface area (Å²) in [6, 6.07) is 7.35. The molecule has 0 aliphatic heterocycles. The van der Waals surface area contributed by atoms with Crippen LogP contribution in [0.1, 0.15) is 87.1 Å². The van der Waals surface area contributed by atoms with Crippen molar-refractivity contribution in [2.24, 2.45) is 0 Å². The predicted octanol–water partition coefficient (Wildman–Crippen LogP) is 5.77. The van der Waals surface area contributed by atoms with Crippen molar-refractivity contribution in [3.8, 4) is 12.3 Å². The van der Waals surface area contributed by atoms with E-state index in [1.807, 2.05) is 24.3 Å². The minimum Gasteiger partial charge on any atom is -0.294 e. The van der Waals surface area contributed by atoms with E-state index in [9.17, 15) is 4.79 Å². The lowest BCUT2D eigenvalue weighted by Gasteiger charge is -2.03. The maximum atomic E-state index is 12.0. The second-order valence-electron chi connectivity index (χ2n) is 5.72. The monoisotopic (exact) mass is 284 g/mol. The quantitative estimate of drug-likeness (QED) is 0.286. The minimum absolute atomic E-state index is 0.238. The highest BCUT2D eigenvalue weighted by molar-refractivity contribution is 5.96. The van der Waals surface area contributed by atoms with Crippen LogP contribution in [0.3, 0.4) is 0 Å². The van der Waals surface area contributed by atoms with Crippen LogP contribution in [-0.2, 0) is 0 Å². The Morgan fingerprint density at radius 3 is 1.95 bits per heavy atom. The normalized spacial score (nSPS) is 10.3. The lowest BCUT2D eigenvalue weighted by Crippen LogP contribution is -1.98. The molecule has 0 unspecified atom stereocenters. The first-order chi connectivity index (χ1) is 10.3. The van der Waals surface area contributed by atoms with Crippen LogP contribution in [0.25, 0.3) is 0 Å². The zero-order chi connectivity index (χ0) is 15.3. The number of benzene rings is 1. The molecule has 1 nitrogen and oxygen atoms in total. The van der Waals surface area contributed by atoms with Gasteiger partial charge in [0.25, 0.3) is 0 Å². The average molecular weight is 284 g/mol. The van der Waals surface area contributed by atoms with Gasteiger partial charge >= 0.3 is 0 Å². The first-order valence-corrected chi connectivity index (χ1v) is 8.37. The fourth-order valence-electron chi connectivity index (χ4n) is 2.49. The van der Waals surface area contributed by atoms with Gasteiger partial charge in [-0.1, -0.05) is 76.3 Å². The van der Waals surface area contributed by atoms with E-state index in [0.29, 0.717) is 6.42 Å². The summed E-state index contributed by atoms with van der Waals surface area (Å²) in [5, 5.41) is 0. The van der Waals surface area contributed by atoms with Gasteiger partial charge in [0.05, 0.1) is 0 Å². The van der Waals surface area contributed by atoms with E-state index < -0.39 is 0 Å². The number of unbranched alkanes of at least 4 members (excludes halogenated alkanes) is 8. The number of terminal acetylenes is 1. The molecule has 0 saturated heterocycles. The van der Waals surface area contributed by atoms with E-state index in [2.05, 4.69) is 12.8 Å². The van der Waals surface area contributed by atoms with E-state index in [-0.39, 0.29) is 5.78 Å². The van der Waals surface area contributed by atoms with Gasteiger partial charge in [-0.15, -0.1) is 6.42 Å². The highest BCUT2D eigenvalue weighted by Crippen LogP contribution is 2.13. The van der Waals surface area contributed by atoms with Crippen molar-refractivity contribution in [1.82, 2.24) is 0 Å². The van der Waals surface area contributed by atoms with Crippen LogP contribution in [-0.4, -0.2) is 5.78 Å². The fourth-order valence-corrected chi connectivity index (χ4v) is 2.49. The van der Waals surface area contributed by atoms with Gasteiger partial charge in [-0.25, -0.2) is 0 Å². The van der Waals surface area contributed by atoms with Crippen LogP contribution in [0.4, 0.5) is 0 Å². The van der Waals surface area contributed by atoms with Gasteiger partial charge in [0.1, 0.15) is 0 Å². The number of carbonyl (C=O) groups excluding carboxylic acids is 1. The Bertz CT molecular complexity index is 436. The molecular formula is C20H28O. The Morgan fingerprint density at radius 1 is 0.905 bits per heavy atom. The van der Waals surface area contributed by atoms with Crippen LogP contribution in [0.5, 0.6) is 0 Å². The molecule has 1 heteroatoms. The predicted molar refractivity (Wildman–Crippen MR) is 90.6 cm³/mol. The molecule has 0 fully saturated rings. The lowest BCUT2D eigenvalue weighted by atomic mass is 10.0. The molecule has 1 aromatic carbocycles. The second-order valence-corrected chi connectivity index (χ2v) is 5.72. The molecule has 0 radical (unpaired) electrons. The maximum absolute atomic E-state index is 12.0. The van der Waals surface area contributed by atoms with Gasteiger partial charge in [0, 0.05) is 17.5 Å². The van der Waals surface area contributed by atoms with Crippen molar-refractivity contribution in [3.05, 3.63) is 35.4 Å². The van der Waals surface area contributed by atoms with Crippen molar-refractivity contribution in [3.63, 3.8) is 0 Å². The van der Waals surface area contributed by atoms with Gasteiger partial charge in [0.2, 0.25) is 0 Å². The van der Waals surface area contributed by atoms with E-state index in [1.54, 1.807) is 0 Å². The Hall–Kier alpha value is -1.55. The summed E-state index contributed by atoms with van der Waals surface area (Å²) < 4.78 is 0. The molecule has 0 bridgehead atoms. The molecule has 0 aliphatic rings. The minimum atomic E-state index is 0.238. The number of carbonyl (C=O) groups is 1. The van der Waals surface area contributed by atoms with Gasteiger partial charge in [-0.05, 0) is 18.6 Å². The molecule has 0 amide bonds. The molecule has 1 aromatic rings. The summed E-state index contributed by atoms with van der Waals surface area (Å²) in [7, 11) is 0. The third-order valence-electron chi connectivity index (χ3n) is 3.88. The summed E-state index contributed by atoms with van der Waals surface area (Å²) in [5.74, 6) is 2.80. The highest BCUT2D eigenvalue weighted by atomic mass is 16.1. The molecule has 0 N–H and O–H groups in total. The van der Waals surface area contributed by atoms with Crippen molar-refractivity contribution in [2.45, 2.75) is 71.1 Å². The van der Waals surface area contributed by atoms with Crippen LogP contribution in [0.2, 0.25) is 0 Å². The number of hydrogen-bond acceptors (Lipinski definition) is 1. The van der Waals surface area contributed by atoms with E-state index >= 15 is 0 Å². The third kappa shape index (κ3) is 7.71. The number of ketones is 1. The van der Waals surface area contributed by atoms with E-state index in [0.717, 1.165) is 17.5 Å². The molecule has 0 heterocycles. The summed E-state index contributed by atoms with van der Waals surface area (Å²) in [4.78, 5) is 12.0. The van der Waals surface area contributed by atoms with Crippen molar-refractivity contribution in [2.75, 3.05) is 0 Å². The molecule has 1 rings (SSSR count). The fraction of sp³-hybridized carbons (Fsp3) is 0.550. The SMILES string of the molecule is C#Cc1ccc(C(=O)CCCCCCCCCCC)cc1. The largest absolute Gasteiger partial charge is 0.294 e. The zero-order valence-electron chi connectivity index (χ0n) is 13.4. The van der Waals surface area contributed by atoms with E-state index in [4.69, 9.17) is 6.42 Å². The molecule has 0 spiro atoms. The molecule has 21 heavy (non-hydrogen) atoms. The Labute approximate surface area is 130 Å². The molecule has 0 aliphatic carbocycles. The van der Waals surface area contributed by atoms with Crippen LogP contribution >= 0.6 is 0 Å². The number of rotatable bonds is 11. The van der Waals surface area contributed by atoms with Gasteiger partial charge in [-0.3, -0.25) is 4.79 Å². The smallest absolute Gasteiger partial charge is 0.162 e. The van der Waals surface area contributed by atoms with Crippen molar-refractivity contribution >= 4 is 5.78 Å². The van der Waals surface area contributed by atoms with Crippen LogP contribution in [0.15, 0.2) is 24.3 Å². The average Bonchev–Trinajstić information content (AvgIpc) is 2.53. The Kier molecular flexibility index (Phi) is 9.29. The molecule has 114 valence electrons. The van der Waals surface area contributed by atoms with Gasteiger partial charge < -0.3 is 0 Å². The summed E-state index contributed by atoms with van der Waals surface area (Å²) in [6.45, 7) is 2.25. The summed E-state index contributed by atoms with van der Waals surface area (Å²) in [6.07, 6.45) is 17.5. The topological polar surface area (TPSA) is 17.1 Å². The standard InChI is InChI=1S/C20H28O/c1-3-5-6-7-8-9-10-11-12-13-20(21)19-16-14-18(4-2)15-17-19/h2,14-17H,3,5-13H2,1H3. The molecule has 0 atom stereocenters. The maximum Gasteiger partial charge on any atom is 0.162 e. The Balaban J connectivity index is 2.07.